The minimum absolute atomic E-state index is 0.0175. The number of hydrogen-bond donors (Lipinski definition) is 1. The smallest absolute Gasteiger partial charge is 0.308 e. The maximum absolute atomic E-state index is 10.9. The van der Waals surface area contributed by atoms with Crippen molar-refractivity contribution in [3.05, 3.63) is 30.5 Å². The van der Waals surface area contributed by atoms with Gasteiger partial charge in [0.2, 0.25) is 0 Å². The third-order valence-corrected chi connectivity index (χ3v) is 3.02. The Morgan fingerprint density at radius 2 is 1.83 bits per heavy atom. The predicted molar refractivity (Wildman–Crippen MR) is 85.5 cm³/mol. The number of carbonyl (C=O) groups excluding carboxylic acids is 1. The first-order chi connectivity index (χ1) is 11.7. The summed E-state index contributed by atoms with van der Waals surface area (Å²) in [5, 5.41) is 16.7. The van der Waals surface area contributed by atoms with Gasteiger partial charge in [-0.25, -0.2) is 4.68 Å². The van der Waals surface area contributed by atoms with Gasteiger partial charge in [-0.05, 0) is 24.3 Å². The van der Waals surface area contributed by atoms with Gasteiger partial charge in [0.1, 0.15) is 11.4 Å². The Balaban J connectivity index is 1.77. The molecule has 0 saturated carbocycles. The molecular formula is C16H21N3O5. The molecule has 1 heterocycles. The number of ether oxygens (including phenoxy) is 3. The Morgan fingerprint density at radius 1 is 1.12 bits per heavy atom. The minimum Gasteiger partial charge on any atom is -0.427 e. The molecule has 0 unspecified atom stereocenters. The number of esters is 1. The highest BCUT2D eigenvalue weighted by molar-refractivity contribution is 5.69. The molecule has 2 rings (SSSR count). The van der Waals surface area contributed by atoms with E-state index in [-0.39, 0.29) is 12.6 Å². The second-order valence-electron chi connectivity index (χ2n) is 4.93. The van der Waals surface area contributed by atoms with Gasteiger partial charge in [0.05, 0.1) is 45.8 Å². The molecule has 0 aliphatic carbocycles. The third-order valence-electron chi connectivity index (χ3n) is 3.02. The third kappa shape index (κ3) is 6.07. The van der Waals surface area contributed by atoms with Gasteiger partial charge < -0.3 is 19.3 Å². The van der Waals surface area contributed by atoms with Gasteiger partial charge in [-0.3, -0.25) is 4.79 Å². The second-order valence-corrected chi connectivity index (χ2v) is 4.93. The van der Waals surface area contributed by atoms with Gasteiger partial charge in [-0.1, -0.05) is 5.21 Å². The molecule has 1 aromatic heterocycles. The van der Waals surface area contributed by atoms with Crippen LogP contribution in [0, 0.1) is 0 Å². The average molecular weight is 335 g/mol. The van der Waals surface area contributed by atoms with E-state index >= 15 is 0 Å². The number of aromatic nitrogens is 3. The lowest BCUT2D eigenvalue weighted by atomic mass is 10.2. The summed E-state index contributed by atoms with van der Waals surface area (Å²) in [6.07, 6.45) is 1.83. The van der Waals surface area contributed by atoms with Crippen molar-refractivity contribution in [1.29, 1.82) is 0 Å². The molecule has 0 aliphatic heterocycles. The summed E-state index contributed by atoms with van der Waals surface area (Å²) >= 11 is 0. The minimum atomic E-state index is -0.351. The van der Waals surface area contributed by atoms with Crippen LogP contribution in [0.25, 0.3) is 11.3 Å². The first kappa shape index (κ1) is 18.1. The molecule has 0 atom stereocenters. The Labute approximate surface area is 139 Å². The molecule has 0 spiro atoms. The van der Waals surface area contributed by atoms with Crippen LogP contribution in [0.15, 0.2) is 30.5 Å². The maximum Gasteiger partial charge on any atom is 0.308 e. The van der Waals surface area contributed by atoms with E-state index in [1.54, 1.807) is 16.8 Å². The predicted octanol–water partition coefficient (Wildman–Crippen LogP) is 0.896. The van der Waals surface area contributed by atoms with E-state index in [4.69, 9.17) is 19.3 Å². The second kappa shape index (κ2) is 9.76. The van der Waals surface area contributed by atoms with E-state index in [0.29, 0.717) is 38.7 Å². The van der Waals surface area contributed by atoms with Crippen LogP contribution >= 0.6 is 0 Å². The molecule has 0 aliphatic rings. The van der Waals surface area contributed by atoms with E-state index in [1.165, 1.54) is 6.92 Å². The molecular weight excluding hydrogens is 314 g/mol. The molecule has 130 valence electrons. The normalized spacial score (nSPS) is 10.8. The fraction of sp³-hybridized carbons (Fsp3) is 0.438. The van der Waals surface area contributed by atoms with Crippen LogP contribution in [0.4, 0.5) is 0 Å². The van der Waals surface area contributed by atoms with E-state index in [9.17, 15) is 4.79 Å². The Morgan fingerprint density at radius 3 is 2.50 bits per heavy atom. The van der Waals surface area contributed by atoms with Crippen LogP contribution in [0.2, 0.25) is 0 Å². The molecule has 0 radical (unpaired) electrons. The molecule has 2 aromatic rings. The molecule has 1 aromatic carbocycles. The fourth-order valence-electron chi connectivity index (χ4n) is 1.94. The molecule has 24 heavy (non-hydrogen) atoms. The number of carbonyl (C=O) groups is 1. The van der Waals surface area contributed by atoms with Gasteiger partial charge in [0.25, 0.3) is 0 Å². The van der Waals surface area contributed by atoms with Crippen molar-refractivity contribution in [2.45, 2.75) is 13.5 Å². The SMILES string of the molecule is CC(=O)Oc1ccc(-c2cn(CCOCCOCCO)nn2)cc1. The lowest BCUT2D eigenvalue weighted by Crippen LogP contribution is -2.11. The van der Waals surface area contributed by atoms with Gasteiger partial charge in [-0.2, -0.15) is 0 Å². The summed E-state index contributed by atoms with van der Waals surface area (Å²) in [4.78, 5) is 10.9. The highest BCUT2D eigenvalue weighted by atomic mass is 16.5. The number of aliphatic hydroxyl groups is 1. The van der Waals surface area contributed by atoms with Crippen molar-refractivity contribution >= 4 is 5.97 Å². The average Bonchev–Trinajstić information content (AvgIpc) is 3.03. The zero-order valence-corrected chi connectivity index (χ0v) is 13.6. The van der Waals surface area contributed by atoms with E-state index in [2.05, 4.69) is 10.3 Å². The summed E-state index contributed by atoms with van der Waals surface area (Å²) in [6.45, 7) is 3.71. The van der Waals surface area contributed by atoms with Crippen molar-refractivity contribution < 1.29 is 24.1 Å². The Bertz CT molecular complexity index is 627. The largest absolute Gasteiger partial charge is 0.427 e. The molecule has 8 nitrogen and oxygen atoms in total. The number of hydrogen-bond acceptors (Lipinski definition) is 7. The van der Waals surface area contributed by atoms with Crippen LogP contribution in [0.5, 0.6) is 5.75 Å². The van der Waals surface area contributed by atoms with E-state index in [1.807, 2.05) is 18.3 Å². The number of aliphatic hydroxyl groups excluding tert-OH is 1. The van der Waals surface area contributed by atoms with Gasteiger partial charge in [0.15, 0.2) is 0 Å². The number of benzene rings is 1. The van der Waals surface area contributed by atoms with Crippen molar-refractivity contribution in [3.8, 4) is 17.0 Å². The van der Waals surface area contributed by atoms with E-state index in [0.717, 1.165) is 11.3 Å². The van der Waals surface area contributed by atoms with Gasteiger partial charge >= 0.3 is 5.97 Å². The van der Waals surface area contributed by atoms with Crippen LogP contribution in [0.3, 0.4) is 0 Å². The zero-order chi connectivity index (χ0) is 17.2. The van der Waals surface area contributed by atoms with Crippen LogP contribution in [-0.4, -0.2) is 59.1 Å². The molecule has 0 amide bonds. The maximum atomic E-state index is 10.9. The zero-order valence-electron chi connectivity index (χ0n) is 13.6. The van der Waals surface area contributed by atoms with Crippen molar-refractivity contribution in [1.82, 2.24) is 15.0 Å². The highest BCUT2D eigenvalue weighted by Gasteiger charge is 2.05. The van der Waals surface area contributed by atoms with Gasteiger partial charge in [-0.15, -0.1) is 5.10 Å². The monoisotopic (exact) mass is 335 g/mol. The first-order valence-electron chi connectivity index (χ1n) is 7.64. The van der Waals surface area contributed by atoms with Gasteiger partial charge in [0, 0.05) is 12.5 Å². The van der Waals surface area contributed by atoms with Crippen molar-refractivity contribution in [3.63, 3.8) is 0 Å². The van der Waals surface area contributed by atoms with Crippen LogP contribution in [-0.2, 0) is 20.8 Å². The topological polar surface area (TPSA) is 95.7 Å². The standard InChI is InChI=1S/C16H21N3O5/c1-13(21)24-15-4-2-14(3-5-15)16-12-19(18-17-16)6-8-22-10-11-23-9-7-20/h2-5,12,20H,6-11H2,1H3. The summed E-state index contributed by atoms with van der Waals surface area (Å²) in [5.41, 5.74) is 1.62. The van der Waals surface area contributed by atoms with E-state index < -0.39 is 0 Å². The Hall–Kier alpha value is -2.29. The summed E-state index contributed by atoms with van der Waals surface area (Å²) in [5.74, 6) is 0.144. The highest BCUT2D eigenvalue weighted by Crippen LogP contribution is 2.20. The quantitative estimate of drug-likeness (QED) is 0.391. The number of nitrogens with zero attached hydrogens (tertiary/aromatic N) is 3. The molecule has 0 fully saturated rings. The molecule has 1 N–H and O–H groups in total. The van der Waals surface area contributed by atoms with Crippen LogP contribution < -0.4 is 4.74 Å². The van der Waals surface area contributed by atoms with Crippen molar-refractivity contribution in [2.24, 2.45) is 0 Å². The molecule has 0 saturated heterocycles. The van der Waals surface area contributed by atoms with Crippen molar-refractivity contribution in [2.75, 3.05) is 33.0 Å². The number of rotatable bonds is 10. The lowest BCUT2D eigenvalue weighted by molar-refractivity contribution is -0.131. The lowest BCUT2D eigenvalue weighted by Gasteiger charge is -2.04. The Kier molecular flexibility index (Phi) is 7.34. The first-order valence-corrected chi connectivity index (χ1v) is 7.64. The summed E-state index contributed by atoms with van der Waals surface area (Å²) in [7, 11) is 0. The summed E-state index contributed by atoms with van der Waals surface area (Å²) in [6, 6.07) is 7.07. The summed E-state index contributed by atoms with van der Waals surface area (Å²) < 4.78 is 17.2. The molecule has 8 heteroatoms. The molecule has 0 bridgehead atoms. The van der Waals surface area contributed by atoms with Crippen LogP contribution in [0.1, 0.15) is 6.92 Å². The fourth-order valence-corrected chi connectivity index (χ4v) is 1.94.